The molecule has 118 valence electrons. The molecule has 1 unspecified atom stereocenters. The van der Waals surface area contributed by atoms with Crippen molar-refractivity contribution in [2.24, 2.45) is 0 Å². The molecule has 0 aliphatic heterocycles. The lowest BCUT2D eigenvalue weighted by atomic mass is 9.99. The normalized spacial score (nSPS) is 12.4. The van der Waals surface area contributed by atoms with Crippen molar-refractivity contribution in [1.29, 1.82) is 0 Å². The van der Waals surface area contributed by atoms with E-state index in [4.69, 9.17) is 5.11 Å². The van der Waals surface area contributed by atoms with Crippen LogP contribution in [0.15, 0.2) is 24.3 Å². The summed E-state index contributed by atoms with van der Waals surface area (Å²) >= 11 is 0. The SMILES string of the molecule is CCC(CCO)NC(=O)Cc1c(C)nc2ccccc2c1C. The van der Waals surface area contributed by atoms with Gasteiger partial charge in [0, 0.05) is 23.7 Å². The Labute approximate surface area is 131 Å². The molecule has 0 fully saturated rings. The lowest BCUT2D eigenvalue weighted by Crippen LogP contribution is -2.36. The highest BCUT2D eigenvalue weighted by Gasteiger charge is 2.15. The Balaban J connectivity index is 2.22. The second kappa shape index (κ2) is 7.36. The van der Waals surface area contributed by atoms with Gasteiger partial charge in [0.15, 0.2) is 0 Å². The number of nitrogens with zero attached hydrogens (tertiary/aromatic N) is 1. The molecule has 2 N–H and O–H groups in total. The number of aliphatic hydroxyl groups is 1. The van der Waals surface area contributed by atoms with Crippen LogP contribution in [-0.4, -0.2) is 28.6 Å². The number of amides is 1. The summed E-state index contributed by atoms with van der Waals surface area (Å²) in [6, 6.07) is 8.03. The number of aryl methyl sites for hydroxylation is 2. The first-order chi connectivity index (χ1) is 10.6. The third-order valence-corrected chi connectivity index (χ3v) is 4.16. The van der Waals surface area contributed by atoms with E-state index in [0.717, 1.165) is 34.1 Å². The molecule has 4 nitrogen and oxygen atoms in total. The Kier molecular flexibility index (Phi) is 5.50. The van der Waals surface area contributed by atoms with E-state index in [2.05, 4.69) is 10.3 Å². The number of rotatable bonds is 6. The van der Waals surface area contributed by atoms with Crippen molar-refractivity contribution in [3.8, 4) is 0 Å². The van der Waals surface area contributed by atoms with Gasteiger partial charge in [0.1, 0.15) is 0 Å². The van der Waals surface area contributed by atoms with Gasteiger partial charge in [0.25, 0.3) is 0 Å². The molecule has 1 amide bonds. The van der Waals surface area contributed by atoms with Gasteiger partial charge < -0.3 is 10.4 Å². The van der Waals surface area contributed by atoms with Gasteiger partial charge in [-0.2, -0.15) is 0 Å². The minimum atomic E-state index is -0.0106. The van der Waals surface area contributed by atoms with Gasteiger partial charge in [-0.15, -0.1) is 0 Å². The molecule has 4 heteroatoms. The Morgan fingerprint density at radius 2 is 2.05 bits per heavy atom. The largest absolute Gasteiger partial charge is 0.396 e. The highest BCUT2D eigenvalue weighted by atomic mass is 16.3. The van der Waals surface area contributed by atoms with Crippen molar-refractivity contribution in [3.05, 3.63) is 41.1 Å². The summed E-state index contributed by atoms with van der Waals surface area (Å²) in [6.45, 7) is 6.10. The highest BCUT2D eigenvalue weighted by Crippen LogP contribution is 2.22. The molecule has 0 aliphatic carbocycles. The second-order valence-corrected chi connectivity index (χ2v) is 5.68. The van der Waals surface area contributed by atoms with Gasteiger partial charge in [-0.05, 0) is 43.9 Å². The van der Waals surface area contributed by atoms with Crippen LogP contribution >= 0.6 is 0 Å². The highest BCUT2D eigenvalue weighted by molar-refractivity contribution is 5.86. The number of para-hydroxylation sites is 1. The van der Waals surface area contributed by atoms with Crippen molar-refractivity contribution in [2.75, 3.05) is 6.61 Å². The molecule has 22 heavy (non-hydrogen) atoms. The number of nitrogens with one attached hydrogen (secondary N) is 1. The molecule has 0 aliphatic rings. The summed E-state index contributed by atoms with van der Waals surface area (Å²) < 4.78 is 0. The number of fused-ring (bicyclic) bond motifs is 1. The van der Waals surface area contributed by atoms with Gasteiger partial charge >= 0.3 is 0 Å². The predicted octanol–water partition coefficient (Wildman–Crippen LogP) is 2.67. The average molecular weight is 300 g/mol. The van der Waals surface area contributed by atoms with Gasteiger partial charge in [-0.25, -0.2) is 0 Å². The van der Waals surface area contributed by atoms with E-state index in [1.165, 1.54) is 0 Å². The lowest BCUT2D eigenvalue weighted by Gasteiger charge is -2.17. The molecule has 0 radical (unpaired) electrons. The first kappa shape index (κ1) is 16.4. The predicted molar refractivity (Wildman–Crippen MR) is 88.8 cm³/mol. The Bertz CT molecular complexity index is 667. The first-order valence-electron chi connectivity index (χ1n) is 7.81. The zero-order chi connectivity index (χ0) is 16.1. The monoisotopic (exact) mass is 300 g/mol. The minimum Gasteiger partial charge on any atom is -0.396 e. The van der Waals surface area contributed by atoms with Crippen molar-refractivity contribution < 1.29 is 9.90 Å². The van der Waals surface area contributed by atoms with E-state index in [1.807, 2.05) is 45.0 Å². The summed E-state index contributed by atoms with van der Waals surface area (Å²) in [5.41, 5.74) is 3.98. The van der Waals surface area contributed by atoms with E-state index >= 15 is 0 Å². The number of aliphatic hydroxyl groups excluding tert-OH is 1. The van der Waals surface area contributed by atoms with Crippen LogP contribution in [0.3, 0.4) is 0 Å². The second-order valence-electron chi connectivity index (χ2n) is 5.68. The number of benzene rings is 1. The smallest absolute Gasteiger partial charge is 0.224 e. The molecule has 2 rings (SSSR count). The standard InChI is InChI=1S/C18H24N2O2/c1-4-14(9-10-21)20-18(22)11-16-12(2)15-7-5-6-8-17(15)19-13(16)3/h5-8,14,21H,4,9-11H2,1-3H3,(H,20,22). The Morgan fingerprint density at radius 1 is 1.32 bits per heavy atom. The van der Waals surface area contributed by atoms with E-state index in [1.54, 1.807) is 0 Å². The summed E-state index contributed by atoms with van der Waals surface area (Å²) in [7, 11) is 0. The minimum absolute atomic E-state index is 0.0106. The van der Waals surface area contributed by atoms with Crippen LogP contribution in [0.1, 0.15) is 36.6 Å². The molecular formula is C18H24N2O2. The van der Waals surface area contributed by atoms with E-state index in [0.29, 0.717) is 12.8 Å². The van der Waals surface area contributed by atoms with Crippen molar-refractivity contribution in [3.63, 3.8) is 0 Å². The molecule has 0 bridgehead atoms. The third-order valence-electron chi connectivity index (χ3n) is 4.16. The quantitative estimate of drug-likeness (QED) is 0.862. The van der Waals surface area contributed by atoms with Gasteiger partial charge in [0.2, 0.25) is 5.91 Å². The lowest BCUT2D eigenvalue weighted by molar-refractivity contribution is -0.121. The Hall–Kier alpha value is -1.94. The fourth-order valence-electron chi connectivity index (χ4n) is 2.80. The maximum absolute atomic E-state index is 12.3. The van der Waals surface area contributed by atoms with Gasteiger partial charge in [-0.3, -0.25) is 9.78 Å². The maximum atomic E-state index is 12.3. The van der Waals surface area contributed by atoms with Crippen LogP contribution in [0.2, 0.25) is 0 Å². The van der Waals surface area contributed by atoms with Crippen LogP contribution < -0.4 is 5.32 Å². The van der Waals surface area contributed by atoms with Crippen LogP contribution in [-0.2, 0) is 11.2 Å². The van der Waals surface area contributed by atoms with Crippen molar-refractivity contribution in [1.82, 2.24) is 10.3 Å². The number of carbonyl (C=O) groups is 1. The Morgan fingerprint density at radius 3 is 2.73 bits per heavy atom. The fraction of sp³-hybridized carbons (Fsp3) is 0.444. The van der Waals surface area contributed by atoms with Crippen molar-refractivity contribution in [2.45, 2.75) is 46.1 Å². The summed E-state index contributed by atoms with van der Waals surface area (Å²) in [6.07, 6.45) is 1.74. The summed E-state index contributed by atoms with van der Waals surface area (Å²) in [5.74, 6) is -0.0106. The number of hydrogen-bond donors (Lipinski definition) is 2. The van der Waals surface area contributed by atoms with Gasteiger partial charge in [-0.1, -0.05) is 25.1 Å². The summed E-state index contributed by atoms with van der Waals surface area (Å²) in [5, 5.41) is 13.1. The summed E-state index contributed by atoms with van der Waals surface area (Å²) in [4.78, 5) is 16.9. The van der Waals surface area contributed by atoms with E-state index < -0.39 is 0 Å². The number of aromatic nitrogens is 1. The molecule has 1 heterocycles. The molecular weight excluding hydrogens is 276 g/mol. The van der Waals surface area contributed by atoms with Crippen LogP contribution in [0, 0.1) is 13.8 Å². The van der Waals surface area contributed by atoms with E-state index in [9.17, 15) is 4.79 Å². The number of carbonyl (C=O) groups excluding carboxylic acids is 1. The first-order valence-corrected chi connectivity index (χ1v) is 7.81. The molecule has 1 atom stereocenters. The molecule has 1 aromatic carbocycles. The zero-order valence-electron chi connectivity index (χ0n) is 13.5. The zero-order valence-corrected chi connectivity index (χ0v) is 13.5. The average Bonchev–Trinajstić information content (AvgIpc) is 2.51. The van der Waals surface area contributed by atoms with Crippen LogP contribution in [0.4, 0.5) is 0 Å². The number of hydrogen-bond acceptors (Lipinski definition) is 3. The molecule has 0 saturated carbocycles. The van der Waals surface area contributed by atoms with Crippen LogP contribution in [0.25, 0.3) is 10.9 Å². The topological polar surface area (TPSA) is 62.2 Å². The molecule has 0 spiro atoms. The van der Waals surface area contributed by atoms with Crippen LogP contribution in [0.5, 0.6) is 0 Å². The molecule has 1 aromatic heterocycles. The third kappa shape index (κ3) is 3.63. The molecule has 2 aromatic rings. The number of pyridine rings is 1. The fourth-order valence-corrected chi connectivity index (χ4v) is 2.80. The molecule has 0 saturated heterocycles. The van der Waals surface area contributed by atoms with Crippen molar-refractivity contribution >= 4 is 16.8 Å². The van der Waals surface area contributed by atoms with Gasteiger partial charge in [0.05, 0.1) is 11.9 Å². The maximum Gasteiger partial charge on any atom is 0.224 e. The van der Waals surface area contributed by atoms with E-state index in [-0.39, 0.29) is 18.6 Å².